The van der Waals surface area contributed by atoms with E-state index >= 15 is 0 Å². The predicted molar refractivity (Wildman–Crippen MR) is 103 cm³/mol. The highest BCUT2D eigenvalue weighted by molar-refractivity contribution is 5.99. The van der Waals surface area contributed by atoms with Crippen molar-refractivity contribution >= 4 is 22.5 Å². The number of nitrogens with zero attached hydrogens (tertiary/aromatic N) is 3. The van der Waals surface area contributed by atoms with Gasteiger partial charge in [0.2, 0.25) is 0 Å². The van der Waals surface area contributed by atoms with E-state index in [1.54, 1.807) is 6.07 Å². The highest BCUT2D eigenvalue weighted by atomic mass is 16.2. The number of fused-ring (bicyclic) bond motifs is 3. The molecule has 4 aromatic rings. The fourth-order valence-corrected chi connectivity index (χ4v) is 3.14. The van der Waals surface area contributed by atoms with Crippen molar-refractivity contribution in [3.63, 3.8) is 0 Å². The van der Waals surface area contributed by atoms with Gasteiger partial charge in [0, 0.05) is 0 Å². The number of nitrogens with one attached hydrogen (secondary N) is 2. The Morgan fingerprint density at radius 2 is 1.93 bits per heavy atom. The van der Waals surface area contributed by atoms with Gasteiger partial charge in [-0.2, -0.15) is 0 Å². The first kappa shape index (κ1) is 17.0. The van der Waals surface area contributed by atoms with Crippen LogP contribution in [0.15, 0.2) is 53.3 Å². The van der Waals surface area contributed by atoms with E-state index in [2.05, 4.69) is 27.5 Å². The van der Waals surface area contributed by atoms with E-state index < -0.39 is 11.5 Å². The van der Waals surface area contributed by atoms with Gasteiger partial charge < -0.3 is 10.3 Å². The summed E-state index contributed by atoms with van der Waals surface area (Å²) in [6, 6.07) is 15.1. The van der Waals surface area contributed by atoms with Gasteiger partial charge in [-0.05, 0) is 36.6 Å². The molecule has 0 saturated carbocycles. The summed E-state index contributed by atoms with van der Waals surface area (Å²) in [7, 11) is 0. The number of hydrogen-bond acceptors (Lipinski definition) is 4. The van der Waals surface area contributed by atoms with Crippen molar-refractivity contribution in [3.8, 4) is 0 Å². The minimum atomic E-state index is -0.433. The molecule has 1 amide bonds. The lowest BCUT2D eigenvalue weighted by atomic mass is 10.0. The van der Waals surface area contributed by atoms with E-state index in [9.17, 15) is 9.59 Å². The zero-order chi connectivity index (χ0) is 19.0. The quantitative estimate of drug-likeness (QED) is 0.584. The van der Waals surface area contributed by atoms with Crippen LogP contribution in [0.4, 0.5) is 0 Å². The Bertz CT molecular complexity index is 1190. The van der Waals surface area contributed by atoms with Crippen LogP contribution >= 0.6 is 0 Å². The normalized spacial score (nSPS) is 12.4. The first-order valence-corrected chi connectivity index (χ1v) is 8.84. The van der Waals surface area contributed by atoms with Crippen molar-refractivity contribution < 1.29 is 4.79 Å². The molecular weight excluding hydrogens is 342 g/mol. The van der Waals surface area contributed by atoms with Crippen LogP contribution < -0.4 is 10.9 Å². The van der Waals surface area contributed by atoms with Gasteiger partial charge in [0.05, 0.1) is 17.1 Å². The summed E-state index contributed by atoms with van der Waals surface area (Å²) in [4.78, 5) is 28.0. The molecule has 7 heteroatoms. The van der Waals surface area contributed by atoms with Crippen LogP contribution in [0.2, 0.25) is 0 Å². The standard InChI is InChI=1S/C20H19N5O2/c1-3-13-8-10-14(11-9-13)12(2)21-19(26)17-18-20(27)22-15-6-4-5-7-16(15)25(18)24-23-17/h4-12H,3H2,1-2H3,(H,21,26)(H,22,27)/t12-/m0/s1. The first-order valence-electron chi connectivity index (χ1n) is 8.84. The van der Waals surface area contributed by atoms with Crippen molar-refractivity contribution in [2.75, 3.05) is 0 Å². The topological polar surface area (TPSA) is 92.2 Å². The van der Waals surface area contributed by atoms with Crippen molar-refractivity contribution in [2.45, 2.75) is 26.3 Å². The number of aryl methyl sites for hydroxylation is 1. The van der Waals surface area contributed by atoms with Gasteiger partial charge in [-0.3, -0.25) is 9.59 Å². The zero-order valence-electron chi connectivity index (χ0n) is 15.1. The number of H-pyrrole nitrogens is 1. The molecule has 0 saturated heterocycles. The summed E-state index contributed by atoms with van der Waals surface area (Å²) in [5.74, 6) is -0.433. The predicted octanol–water partition coefficient (Wildman–Crippen LogP) is 2.62. The molecule has 0 aliphatic rings. The molecule has 2 aromatic carbocycles. The maximum atomic E-state index is 12.7. The van der Waals surface area contributed by atoms with Gasteiger partial charge in [0.1, 0.15) is 0 Å². The molecule has 1 atom stereocenters. The molecule has 7 nitrogen and oxygen atoms in total. The fraction of sp³-hybridized carbons (Fsp3) is 0.200. The smallest absolute Gasteiger partial charge is 0.277 e. The van der Waals surface area contributed by atoms with E-state index in [4.69, 9.17) is 0 Å². The SMILES string of the molecule is CCc1ccc([C@H](C)NC(=O)c2nnn3c2c(=O)[nH]c2ccccc23)cc1. The zero-order valence-corrected chi connectivity index (χ0v) is 15.1. The summed E-state index contributed by atoms with van der Waals surface area (Å²) in [5, 5.41) is 10.9. The van der Waals surface area contributed by atoms with E-state index in [1.165, 1.54) is 10.1 Å². The van der Waals surface area contributed by atoms with E-state index in [0.29, 0.717) is 11.0 Å². The lowest BCUT2D eigenvalue weighted by Gasteiger charge is -2.14. The molecule has 4 rings (SSSR count). The van der Waals surface area contributed by atoms with Crippen molar-refractivity contribution in [2.24, 2.45) is 0 Å². The summed E-state index contributed by atoms with van der Waals surface area (Å²) >= 11 is 0. The van der Waals surface area contributed by atoms with Crippen LogP contribution in [0.1, 0.15) is 41.5 Å². The number of hydrogen-bond donors (Lipinski definition) is 2. The summed E-state index contributed by atoms with van der Waals surface area (Å²) in [6.07, 6.45) is 0.962. The molecule has 0 fully saturated rings. The Labute approximate surface area is 155 Å². The number of amides is 1. The largest absolute Gasteiger partial charge is 0.344 e. The van der Waals surface area contributed by atoms with Gasteiger partial charge in [0.15, 0.2) is 11.2 Å². The van der Waals surface area contributed by atoms with Gasteiger partial charge in [-0.1, -0.05) is 48.5 Å². The minimum Gasteiger partial charge on any atom is -0.344 e. The van der Waals surface area contributed by atoms with E-state index in [-0.39, 0.29) is 17.3 Å². The molecule has 0 bridgehead atoms. The highest BCUT2D eigenvalue weighted by Gasteiger charge is 2.21. The van der Waals surface area contributed by atoms with Crippen molar-refractivity contribution in [1.29, 1.82) is 0 Å². The Balaban J connectivity index is 1.68. The van der Waals surface area contributed by atoms with Gasteiger partial charge in [-0.25, -0.2) is 4.52 Å². The number of aromatic amines is 1. The first-order chi connectivity index (χ1) is 13.1. The average molecular weight is 361 g/mol. The molecule has 2 heterocycles. The lowest BCUT2D eigenvalue weighted by Crippen LogP contribution is -2.28. The van der Waals surface area contributed by atoms with Crippen molar-refractivity contribution in [1.82, 2.24) is 25.1 Å². The molecule has 0 spiro atoms. The molecule has 2 aromatic heterocycles. The molecule has 0 aliphatic heterocycles. The fourth-order valence-electron chi connectivity index (χ4n) is 3.14. The Kier molecular flexibility index (Phi) is 4.19. The van der Waals surface area contributed by atoms with E-state index in [1.807, 2.05) is 49.4 Å². The molecule has 136 valence electrons. The molecule has 2 N–H and O–H groups in total. The molecule has 0 aliphatic carbocycles. The molecular formula is C20H19N5O2. The van der Waals surface area contributed by atoms with Crippen molar-refractivity contribution in [3.05, 3.63) is 75.7 Å². The molecule has 0 unspecified atom stereocenters. The van der Waals surface area contributed by atoms with E-state index in [0.717, 1.165) is 12.0 Å². The van der Waals surface area contributed by atoms with Gasteiger partial charge in [0.25, 0.3) is 11.5 Å². The van der Waals surface area contributed by atoms with Crippen LogP contribution in [-0.2, 0) is 6.42 Å². The number of benzene rings is 2. The monoisotopic (exact) mass is 361 g/mol. The Morgan fingerprint density at radius 1 is 1.19 bits per heavy atom. The third-order valence-electron chi connectivity index (χ3n) is 4.72. The maximum Gasteiger partial charge on any atom is 0.277 e. The summed E-state index contributed by atoms with van der Waals surface area (Å²) in [5.41, 5.74) is 3.29. The Hall–Kier alpha value is -3.48. The van der Waals surface area contributed by atoms with Crippen LogP contribution in [0.5, 0.6) is 0 Å². The number of carbonyl (C=O) groups excluding carboxylic acids is 1. The molecule has 0 radical (unpaired) electrons. The van der Waals surface area contributed by atoms with Gasteiger partial charge in [-0.15, -0.1) is 5.10 Å². The second-order valence-corrected chi connectivity index (χ2v) is 6.46. The lowest BCUT2D eigenvalue weighted by molar-refractivity contribution is 0.0936. The average Bonchev–Trinajstić information content (AvgIpc) is 3.14. The van der Waals surface area contributed by atoms with Crippen LogP contribution in [0, 0.1) is 0 Å². The number of rotatable bonds is 4. The van der Waals surface area contributed by atoms with Crippen LogP contribution in [0.3, 0.4) is 0 Å². The number of carbonyl (C=O) groups is 1. The summed E-state index contributed by atoms with van der Waals surface area (Å²) < 4.78 is 1.41. The van der Waals surface area contributed by atoms with Crippen LogP contribution in [0.25, 0.3) is 16.6 Å². The summed E-state index contributed by atoms with van der Waals surface area (Å²) in [6.45, 7) is 3.99. The highest BCUT2D eigenvalue weighted by Crippen LogP contribution is 2.16. The Morgan fingerprint density at radius 3 is 2.67 bits per heavy atom. The number of aromatic nitrogens is 4. The number of para-hydroxylation sites is 2. The maximum absolute atomic E-state index is 12.7. The second kappa shape index (κ2) is 6.68. The minimum absolute atomic E-state index is 0.0130. The third-order valence-corrected chi connectivity index (χ3v) is 4.72. The van der Waals surface area contributed by atoms with Crippen LogP contribution in [-0.4, -0.2) is 25.7 Å². The molecule has 27 heavy (non-hydrogen) atoms. The second-order valence-electron chi connectivity index (χ2n) is 6.46. The van der Waals surface area contributed by atoms with Gasteiger partial charge >= 0.3 is 0 Å². The third kappa shape index (κ3) is 2.97.